The molecule has 0 unspecified atom stereocenters. The van der Waals surface area contributed by atoms with Crippen molar-refractivity contribution in [3.8, 4) is 11.1 Å². The van der Waals surface area contributed by atoms with Crippen molar-refractivity contribution in [3.05, 3.63) is 40.6 Å². The molecular formula is C17H19NO5S2. The fourth-order valence-corrected chi connectivity index (χ4v) is 6.01. The van der Waals surface area contributed by atoms with Crippen LogP contribution in [0.15, 0.2) is 40.6 Å². The van der Waals surface area contributed by atoms with Crippen molar-refractivity contribution in [1.82, 2.24) is 4.31 Å². The van der Waals surface area contributed by atoms with E-state index in [9.17, 15) is 18.3 Å². The van der Waals surface area contributed by atoms with Crippen molar-refractivity contribution in [1.29, 1.82) is 0 Å². The molecule has 0 atom stereocenters. The molecule has 1 N–H and O–H groups in total. The van der Waals surface area contributed by atoms with Crippen LogP contribution in [0.3, 0.4) is 0 Å². The number of aliphatic hydroxyl groups excluding tert-OH is 1. The first-order valence-electron chi connectivity index (χ1n) is 7.88. The number of esters is 1. The maximum absolute atomic E-state index is 13.2. The minimum absolute atomic E-state index is 0.00746. The van der Waals surface area contributed by atoms with Crippen LogP contribution in [0.5, 0.6) is 0 Å². The van der Waals surface area contributed by atoms with Gasteiger partial charge in [-0.25, -0.2) is 13.2 Å². The number of thiophene rings is 1. The lowest BCUT2D eigenvalue weighted by Crippen LogP contribution is -2.40. The number of aliphatic hydroxyl groups is 1. The Labute approximate surface area is 150 Å². The number of nitrogens with zero attached hydrogens (tertiary/aromatic N) is 1. The van der Waals surface area contributed by atoms with Crippen LogP contribution in [0.1, 0.15) is 22.5 Å². The summed E-state index contributed by atoms with van der Waals surface area (Å²) in [5.74, 6) is -0.664. The number of hydrogen-bond donors (Lipinski definition) is 1. The molecule has 1 aromatic carbocycles. The molecule has 8 heteroatoms. The summed E-state index contributed by atoms with van der Waals surface area (Å²) >= 11 is 1.07. The largest absolute Gasteiger partial charge is 0.465 e. The van der Waals surface area contributed by atoms with Crippen LogP contribution in [0.25, 0.3) is 11.1 Å². The first-order chi connectivity index (χ1) is 11.9. The van der Waals surface area contributed by atoms with E-state index < -0.39 is 22.1 Å². The Morgan fingerprint density at radius 3 is 2.48 bits per heavy atom. The summed E-state index contributed by atoms with van der Waals surface area (Å²) < 4.78 is 32.6. The maximum Gasteiger partial charge on any atom is 0.349 e. The van der Waals surface area contributed by atoms with Gasteiger partial charge in [-0.2, -0.15) is 4.31 Å². The summed E-state index contributed by atoms with van der Waals surface area (Å²) in [5.41, 5.74) is 1.22. The Hall–Kier alpha value is -1.74. The molecule has 0 bridgehead atoms. The van der Waals surface area contributed by atoms with E-state index in [0.29, 0.717) is 18.4 Å². The predicted octanol–water partition coefficient (Wildman–Crippen LogP) is 2.35. The molecular weight excluding hydrogens is 362 g/mol. The lowest BCUT2D eigenvalue weighted by Gasteiger charge is -2.29. The zero-order chi connectivity index (χ0) is 18.0. The number of methoxy groups -OCH3 is 1. The Balaban J connectivity index is 2.12. The average molecular weight is 381 g/mol. The number of piperidine rings is 1. The van der Waals surface area contributed by atoms with Gasteiger partial charge in [-0.15, -0.1) is 11.3 Å². The fourth-order valence-electron chi connectivity index (χ4n) is 2.87. The number of ether oxygens (including phenoxy) is 1. The number of rotatable bonds is 4. The summed E-state index contributed by atoms with van der Waals surface area (Å²) in [6.45, 7) is 0.461. The highest BCUT2D eigenvalue weighted by Crippen LogP contribution is 2.38. The molecule has 0 aliphatic carbocycles. The molecule has 2 aromatic rings. The van der Waals surface area contributed by atoms with Crippen LogP contribution in [0, 0.1) is 0 Å². The second-order valence-corrected chi connectivity index (χ2v) is 8.55. The molecule has 1 aromatic heterocycles. The van der Waals surface area contributed by atoms with Gasteiger partial charge in [0.25, 0.3) is 0 Å². The van der Waals surface area contributed by atoms with Crippen molar-refractivity contribution in [3.63, 3.8) is 0 Å². The van der Waals surface area contributed by atoms with Crippen molar-refractivity contribution in [2.75, 3.05) is 20.2 Å². The van der Waals surface area contributed by atoms with E-state index in [1.807, 2.05) is 30.3 Å². The molecule has 6 nitrogen and oxygen atoms in total. The minimum atomic E-state index is -3.87. The molecule has 1 fully saturated rings. The third-order valence-corrected chi connectivity index (χ3v) is 7.30. The van der Waals surface area contributed by atoms with Crippen LogP contribution < -0.4 is 0 Å². The quantitative estimate of drug-likeness (QED) is 0.822. The van der Waals surface area contributed by atoms with Crippen LogP contribution >= 0.6 is 11.3 Å². The number of sulfonamides is 1. The molecule has 0 spiro atoms. The van der Waals surface area contributed by atoms with Gasteiger partial charge < -0.3 is 9.84 Å². The molecule has 25 heavy (non-hydrogen) atoms. The van der Waals surface area contributed by atoms with E-state index in [1.54, 1.807) is 5.38 Å². The van der Waals surface area contributed by atoms with Gasteiger partial charge in [0.1, 0.15) is 9.77 Å². The highest BCUT2D eigenvalue weighted by Gasteiger charge is 2.35. The minimum Gasteiger partial charge on any atom is -0.465 e. The standard InChI is InChI=1S/C17H19NO5S2/c1-23-17(20)15-16(14(11-24-15)12-5-3-2-4-6-12)25(21,22)18-9-7-13(19)8-10-18/h2-6,11,13,19H,7-10H2,1H3. The van der Waals surface area contributed by atoms with Crippen LogP contribution in [-0.2, 0) is 14.8 Å². The first kappa shape index (κ1) is 18.1. The Morgan fingerprint density at radius 2 is 1.88 bits per heavy atom. The SMILES string of the molecule is COC(=O)c1scc(-c2ccccc2)c1S(=O)(=O)N1CCC(O)CC1. The van der Waals surface area contributed by atoms with Gasteiger partial charge in [0, 0.05) is 24.0 Å². The van der Waals surface area contributed by atoms with Gasteiger partial charge in [0.05, 0.1) is 13.2 Å². The highest BCUT2D eigenvalue weighted by molar-refractivity contribution is 7.89. The van der Waals surface area contributed by atoms with Gasteiger partial charge in [0.2, 0.25) is 10.0 Å². The molecule has 3 rings (SSSR count). The second-order valence-electron chi connectivity index (χ2n) is 5.80. The van der Waals surface area contributed by atoms with Crippen LogP contribution in [-0.4, -0.2) is 50.1 Å². The lowest BCUT2D eigenvalue weighted by atomic mass is 10.1. The number of benzene rings is 1. The van der Waals surface area contributed by atoms with E-state index in [1.165, 1.54) is 11.4 Å². The molecule has 1 saturated heterocycles. The van der Waals surface area contributed by atoms with Gasteiger partial charge in [-0.1, -0.05) is 30.3 Å². The van der Waals surface area contributed by atoms with E-state index >= 15 is 0 Å². The highest BCUT2D eigenvalue weighted by atomic mass is 32.2. The smallest absolute Gasteiger partial charge is 0.349 e. The van der Waals surface area contributed by atoms with Crippen molar-refractivity contribution >= 4 is 27.3 Å². The van der Waals surface area contributed by atoms with E-state index in [4.69, 9.17) is 4.74 Å². The lowest BCUT2D eigenvalue weighted by molar-refractivity contribution is 0.0601. The molecule has 0 radical (unpaired) electrons. The van der Waals surface area contributed by atoms with Gasteiger partial charge in [-0.05, 0) is 18.4 Å². The third-order valence-electron chi connectivity index (χ3n) is 4.22. The van der Waals surface area contributed by atoms with E-state index in [2.05, 4.69) is 0 Å². The summed E-state index contributed by atoms with van der Waals surface area (Å²) in [7, 11) is -2.64. The Kier molecular flexibility index (Phi) is 5.24. The summed E-state index contributed by atoms with van der Waals surface area (Å²) in [6.07, 6.45) is 0.289. The van der Waals surface area contributed by atoms with Crippen molar-refractivity contribution in [2.45, 2.75) is 23.8 Å². The van der Waals surface area contributed by atoms with E-state index in [0.717, 1.165) is 16.9 Å². The molecule has 2 heterocycles. The van der Waals surface area contributed by atoms with Crippen LogP contribution in [0.2, 0.25) is 0 Å². The van der Waals surface area contributed by atoms with Gasteiger partial charge in [0.15, 0.2) is 0 Å². The zero-order valence-electron chi connectivity index (χ0n) is 13.7. The fraction of sp³-hybridized carbons (Fsp3) is 0.353. The maximum atomic E-state index is 13.2. The monoisotopic (exact) mass is 381 g/mol. The zero-order valence-corrected chi connectivity index (χ0v) is 15.3. The average Bonchev–Trinajstić information content (AvgIpc) is 3.08. The van der Waals surface area contributed by atoms with Crippen molar-refractivity contribution < 1.29 is 23.1 Å². The summed E-state index contributed by atoms with van der Waals surface area (Å²) in [6, 6.07) is 9.10. The van der Waals surface area contributed by atoms with E-state index in [-0.39, 0.29) is 22.9 Å². The van der Waals surface area contributed by atoms with Crippen LogP contribution in [0.4, 0.5) is 0 Å². The third kappa shape index (κ3) is 3.48. The molecule has 134 valence electrons. The Morgan fingerprint density at radius 1 is 1.24 bits per heavy atom. The number of carbonyl (C=O) groups excluding carboxylic acids is 1. The number of hydrogen-bond acceptors (Lipinski definition) is 6. The van der Waals surface area contributed by atoms with Gasteiger partial charge in [-0.3, -0.25) is 0 Å². The topological polar surface area (TPSA) is 83.9 Å². The number of carbonyl (C=O) groups is 1. The van der Waals surface area contributed by atoms with Crippen molar-refractivity contribution in [2.24, 2.45) is 0 Å². The first-order valence-corrected chi connectivity index (χ1v) is 10.2. The predicted molar refractivity (Wildman–Crippen MR) is 95.1 cm³/mol. The van der Waals surface area contributed by atoms with Gasteiger partial charge >= 0.3 is 5.97 Å². The normalized spacial score (nSPS) is 16.7. The molecule has 0 saturated carbocycles. The molecule has 0 amide bonds. The molecule has 1 aliphatic heterocycles. The molecule has 1 aliphatic rings. The summed E-state index contributed by atoms with van der Waals surface area (Å²) in [5, 5.41) is 11.3. The summed E-state index contributed by atoms with van der Waals surface area (Å²) in [4.78, 5) is 12.2. The Bertz CT molecular complexity index is 852. The second kappa shape index (κ2) is 7.25.